The van der Waals surface area contributed by atoms with Crippen LogP contribution in [0.25, 0.3) is 0 Å². The lowest BCUT2D eigenvalue weighted by Crippen LogP contribution is -2.33. The monoisotopic (exact) mass is 430 g/mol. The third kappa shape index (κ3) is 4.69. The Balaban J connectivity index is 1.74. The van der Waals surface area contributed by atoms with E-state index in [9.17, 15) is 9.59 Å². The molecule has 3 rings (SSSR count). The van der Waals surface area contributed by atoms with Crippen LogP contribution in [0, 0.1) is 6.92 Å². The lowest BCUT2D eigenvalue weighted by Gasteiger charge is -2.21. The van der Waals surface area contributed by atoms with Crippen LogP contribution in [0.4, 0.5) is 5.69 Å². The summed E-state index contributed by atoms with van der Waals surface area (Å²) in [4.78, 5) is 27.4. The van der Waals surface area contributed by atoms with Crippen molar-refractivity contribution in [1.29, 1.82) is 0 Å². The molecule has 0 aromatic heterocycles. The van der Waals surface area contributed by atoms with Crippen molar-refractivity contribution in [3.05, 3.63) is 58.1 Å². The van der Waals surface area contributed by atoms with E-state index in [1.807, 2.05) is 36.1 Å². The maximum absolute atomic E-state index is 12.9. The van der Waals surface area contributed by atoms with Crippen molar-refractivity contribution < 1.29 is 14.3 Å². The summed E-state index contributed by atoms with van der Waals surface area (Å²) < 4.78 is 6.65. The number of rotatable bonds is 5. The van der Waals surface area contributed by atoms with Crippen LogP contribution in [0.2, 0.25) is 0 Å². The van der Waals surface area contributed by atoms with Crippen molar-refractivity contribution in [2.45, 2.75) is 32.8 Å². The fraction of sp³-hybridized carbons (Fsp3) is 0.333. The smallest absolute Gasteiger partial charge is 0.265 e. The minimum Gasteiger partial charge on any atom is -0.481 e. The Morgan fingerprint density at radius 2 is 1.78 bits per heavy atom. The molecule has 2 aromatic rings. The summed E-state index contributed by atoms with van der Waals surface area (Å²) in [7, 11) is 0. The summed E-state index contributed by atoms with van der Waals surface area (Å²) in [5.41, 5.74) is 1.94. The Labute approximate surface area is 167 Å². The molecule has 2 amide bonds. The standard InChI is InChI=1S/C21H23BrN2O3/c1-14-6-5-7-18(19(14)21(26)24-12-3-4-13-24)23-20(25)15(2)27-17-10-8-16(22)9-11-17/h5-11,15H,3-4,12-13H2,1-2H3,(H,23,25). The van der Waals surface area contributed by atoms with E-state index in [0.717, 1.165) is 36.0 Å². The topological polar surface area (TPSA) is 58.6 Å². The third-order valence-corrected chi connectivity index (χ3v) is 5.16. The molecular formula is C21H23BrN2O3. The first-order valence-electron chi connectivity index (χ1n) is 9.07. The predicted octanol–water partition coefficient (Wildman–Crippen LogP) is 4.40. The van der Waals surface area contributed by atoms with E-state index in [1.165, 1.54) is 0 Å². The number of ether oxygens (including phenoxy) is 1. The maximum Gasteiger partial charge on any atom is 0.265 e. The highest BCUT2D eigenvalue weighted by atomic mass is 79.9. The van der Waals surface area contributed by atoms with Crippen LogP contribution >= 0.6 is 15.9 Å². The molecule has 1 aliphatic heterocycles. The minimum absolute atomic E-state index is 0.0256. The van der Waals surface area contributed by atoms with Crippen LogP contribution in [0.1, 0.15) is 35.7 Å². The normalized spacial score (nSPS) is 14.7. The van der Waals surface area contributed by atoms with Crippen LogP contribution in [-0.4, -0.2) is 35.9 Å². The largest absolute Gasteiger partial charge is 0.481 e. The van der Waals surface area contributed by atoms with Crippen molar-refractivity contribution in [2.24, 2.45) is 0 Å². The van der Waals surface area contributed by atoms with Crippen molar-refractivity contribution in [2.75, 3.05) is 18.4 Å². The molecule has 0 spiro atoms. The molecule has 1 fully saturated rings. The Bertz CT molecular complexity index is 830. The van der Waals surface area contributed by atoms with Gasteiger partial charge in [0.05, 0.1) is 11.3 Å². The number of nitrogens with one attached hydrogen (secondary N) is 1. The summed E-state index contributed by atoms with van der Waals surface area (Å²) in [5.74, 6) is 0.292. The summed E-state index contributed by atoms with van der Waals surface area (Å²) >= 11 is 3.37. The summed E-state index contributed by atoms with van der Waals surface area (Å²) in [6.07, 6.45) is 1.36. The van der Waals surface area contributed by atoms with E-state index < -0.39 is 6.10 Å². The van der Waals surface area contributed by atoms with E-state index in [0.29, 0.717) is 17.0 Å². The van der Waals surface area contributed by atoms with Gasteiger partial charge < -0.3 is 15.0 Å². The zero-order valence-corrected chi connectivity index (χ0v) is 17.1. The Hall–Kier alpha value is -2.34. The van der Waals surface area contributed by atoms with Gasteiger partial charge in [-0.15, -0.1) is 0 Å². The van der Waals surface area contributed by atoms with Gasteiger partial charge in [-0.25, -0.2) is 0 Å². The van der Waals surface area contributed by atoms with Crippen LogP contribution in [-0.2, 0) is 4.79 Å². The van der Waals surface area contributed by atoms with E-state index in [2.05, 4.69) is 21.2 Å². The highest BCUT2D eigenvalue weighted by molar-refractivity contribution is 9.10. The van der Waals surface area contributed by atoms with Gasteiger partial charge in [-0.05, 0) is 62.6 Å². The molecule has 1 N–H and O–H groups in total. The Kier molecular flexibility index (Phi) is 6.16. The second-order valence-corrected chi connectivity index (χ2v) is 7.62. The molecule has 5 nitrogen and oxygen atoms in total. The van der Waals surface area contributed by atoms with Gasteiger partial charge in [-0.1, -0.05) is 28.1 Å². The Morgan fingerprint density at radius 3 is 2.44 bits per heavy atom. The summed E-state index contributed by atoms with van der Waals surface area (Å²) in [5, 5.41) is 2.87. The predicted molar refractivity (Wildman–Crippen MR) is 109 cm³/mol. The minimum atomic E-state index is -0.693. The maximum atomic E-state index is 12.9. The second-order valence-electron chi connectivity index (χ2n) is 6.70. The number of hydrogen-bond acceptors (Lipinski definition) is 3. The number of halogens is 1. The highest BCUT2D eigenvalue weighted by Crippen LogP contribution is 2.24. The first-order valence-corrected chi connectivity index (χ1v) is 9.87. The molecule has 1 atom stereocenters. The van der Waals surface area contributed by atoms with Gasteiger partial charge in [0.25, 0.3) is 11.8 Å². The van der Waals surface area contributed by atoms with Crippen LogP contribution < -0.4 is 10.1 Å². The number of nitrogens with zero attached hydrogens (tertiary/aromatic N) is 1. The molecule has 1 heterocycles. The number of benzene rings is 2. The average molecular weight is 431 g/mol. The first kappa shape index (κ1) is 19.4. The number of amides is 2. The van der Waals surface area contributed by atoms with Crippen LogP contribution in [0.15, 0.2) is 46.9 Å². The van der Waals surface area contributed by atoms with Gasteiger partial charge in [0.2, 0.25) is 0 Å². The van der Waals surface area contributed by atoms with Crippen molar-refractivity contribution in [3.8, 4) is 5.75 Å². The summed E-state index contributed by atoms with van der Waals surface area (Å²) in [6.45, 7) is 5.11. The molecule has 0 saturated carbocycles. The number of anilines is 1. The van der Waals surface area contributed by atoms with Crippen molar-refractivity contribution >= 4 is 33.4 Å². The van der Waals surface area contributed by atoms with Gasteiger partial charge in [0.1, 0.15) is 5.75 Å². The molecule has 142 valence electrons. The number of hydrogen-bond donors (Lipinski definition) is 1. The molecule has 0 aliphatic carbocycles. The lowest BCUT2D eigenvalue weighted by molar-refractivity contribution is -0.122. The van der Waals surface area contributed by atoms with Gasteiger partial charge in [-0.3, -0.25) is 9.59 Å². The number of carbonyl (C=O) groups excluding carboxylic acids is 2. The van der Waals surface area contributed by atoms with Crippen LogP contribution in [0.5, 0.6) is 5.75 Å². The molecule has 1 saturated heterocycles. The molecule has 1 aliphatic rings. The van der Waals surface area contributed by atoms with E-state index in [-0.39, 0.29) is 11.8 Å². The second kappa shape index (κ2) is 8.57. The van der Waals surface area contributed by atoms with Gasteiger partial charge in [-0.2, -0.15) is 0 Å². The van der Waals surface area contributed by atoms with E-state index >= 15 is 0 Å². The van der Waals surface area contributed by atoms with Crippen molar-refractivity contribution in [3.63, 3.8) is 0 Å². The Morgan fingerprint density at radius 1 is 1.11 bits per heavy atom. The molecule has 0 radical (unpaired) electrons. The summed E-state index contributed by atoms with van der Waals surface area (Å²) in [6, 6.07) is 12.8. The molecule has 1 unspecified atom stereocenters. The fourth-order valence-electron chi connectivity index (χ4n) is 3.14. The highest BCUT2D eigenvalue weighted by Gasteiger charge is 2.25. The van der Waals surface area contributed by atoms with Gasteiger partial charge in [0.15, 0.2) is 6.10 Å². The fourth-order valence-corrected chi connectivity index (χ4v) is 3.40. The zero-order chi connectivity index (χ0) is 19.4. The number of likely N-dealkylation sites (tertiary alicyclic amines) is 1. The number of aryl methyl sites for hydroxylation is 1. The zero-order valence-electron chi connectivity index (χ0n) is 15.5. The van der Waals surface area contributed by atoms with E-state index in [1.54, 1.807) is 25.1 Å². The lowest BCUT2D eigenvalue weighted by atomic mass is 10.0. The average Bonchev–Trinajstić information content (AvgIpc) is 3.18. The first-order chi connectivity index (χ1) is 13.0. The van der Waals surface area contributed by atoms with Gasteiger partial charge >= 0.3 is 0 Å². The van der Waals surface area contributed by atoms with E-state index in [4.69, 9.17) is 4.74 Å². The quantitative estimate of drug-likeness (QED) is 0.764. The van der Waals surface area contributed by atoms with Gasteiger partial charge in [0, 0.05) is 17.6 Å². The molecule has 0 bridgehead atoms. The molecule has 27 heavy (non-hydrogen) atoms. The van der Waals surface area contributed by atoms with Crippen molar-refractivity contribution in [1.82, 2.24) is 4.90 Å². The third-order valence-electron chi connectivity index (χ3n) is 4.63. The molecular weight excluding hydrogens is 408 g/mol. The molecule has 2 aromatic carbocycles. The van der Waals surface area contributed by atoms with Crippen LogP contribution in [0.3, 0.4) is 0 Å². The molecule has 6 heteroatoms. The SMILES string of the molecule is Cc1cccc(NC(=O)C(C)Oc2ccc(Br)cc2)c1C(=O)N1CCCC1. The number of carbonyl (C=O) groups is 2.